The number of hydrogen-bond donors (Lipinski definition) is 4. The third-order valence-electron chi connectivity index (χ3n) is 2.79. The summed E-state index contributed by atoms with van der Waals surface area (Å²) in [6.45, 7) is -0.113. The minimum Gasteiger partial charge on any atom is -0.504 e. The second-order valence-electron chi connectivity index (χ2n) is 4.07. The highest BCUT2D eigenvalue weighted by Crippen LogP contribution is 2.36. The van der Waals surface area contributed by atoms with E-state index in [4.69, 9.17) is 5.11 Å². The van der Waals surface area contributed by atoms with Crippen LogP contribution in [0.2, 0.25) is 0 Å². The van der Waals surface area contributed by atoms with Crippen LogP contribution in [0.5, 0.6) is 11.5 Å². The van der Waals surface area contributed by atoms with Gasteiger partial charge in [-0.1, -0.05) is 6.07 Å². The number of carbonyl (C=O) groups is 1. The van der Waals surface area contributed by atoms with Gasteiger partial charge in [-0.25, -0.2) is 0 Å². The van der Waals surface area contributed by atoms with Crippen molar-refractivity contribution in [3.63, 3.8) is 0 Å². The highest BCUT2D eigenvalue weighted by Gasteiger charge is 2.43. The molecule has 0 atom stereocenters. The molecular weight excluding hydrogens is 210 g/mol. The zero-order chi connectivity index (χ0) is 11.8. The first-order chi connectivity index (χ1) is 7.58. The average molecular weight is 223 g/mol. The van der Waals surface area contributed by atoms with Crippen molar-refractivity contribution >= 4 is 5.91 Å². The molecule has 1 aliphatic carbocycles. The second-order valence-corrected chi connectivity index (χ2v) is 4.07. The molecule has 0 unspecified atom stereocenters. The molecule has 1 fully saturated rings. The molecule has 0 aromatic heterocycles. The van der Waals surface area contributed by atoms with Crippen LogP contribution in [-0.2, 0) is 0 Å². The third kappa shape index (κ3) is 1.81. The van der Waals surface area contributed by atoms with E-state index in [9.17, 15) is 15.0 Å². The summed E-state index contributed by atoms with van der Waals surface area (Å²) in [5.41, 5.74) is -0.519. The quantitative estimate of drug-likeness (QED) is 0.557. The maximum atomic E-state index is 11.7. The molecule has 0 bridgehead atoms. The topological polar surface area (TPSA) is 89.8 Å². The molecule has 1 aromatic carbocycles. The van der Waals surface area contributed by atoms with Crippen molar-refractivity contribution in [1.82, 2.24) is 5.32 Å². The van der Waals surface area contributed by atoms with Crippen LogP contribution in [0.4, 0.5) is 0 Å². The SMILES string of the molecule is O=C(NC1(CO)CC1)c1cccc(O)c1O. The van der Waals surface area contributed by atoms with Gasteiger partial charge in [0.25, 0.3) is 5.91 Å². The van der Waals surface area contributed by atoms with Gasteiger partial charge in [-0.05, 0) is 25.0 Å². The number of rotatable bonds is 3. The maximum Gasteiger partial charge on any atom is 0.255 e. The predicted molar refractivity (Wildman–Crippen MR) is 56.3 cm³/mol. The lowest BCUT2D eigenvalue weighted by Crippen LogP contribution is -2.39. The summed E-state index contributed by atoms with van der Waals surface area (Å²) >= 11 is 0. The van der Waals surface area contributed by atoms with E-state index in [-0.39, 0.29) is 17.9 Å². The van der Waals surface area contributed by atoms with E-state index < -0.39 is 17.2 Å². The van der Waals surface area contributed by atoms with Crippen LogP contribution in [0.15, 0.2) is 18.2 Å². The smallest absolute Gasteiger partial charge is 0.255 e. The van der Waals surface area contributed by atoms with E-state index in [0.717, 1.165) is 12.8 Å². The number of para-hydroxylation sites is 1. The fourth-order valence-corrected chi connectivity index (χ4v) is 1.50. The molecular formula is C11H13NO4. The second kappa shape index (κ2) is 3.68. The monoisotopic (exact) mass is 223 g/mol. The first-order valence-corrected chi connectivity index (χ1v) is 5.02. The van der Waals surface area contributed by atoms with Crippen LogP contribution in [0.3, 0.4) is 0 Å². The minimum atomic E-state index is -0.533. The average Bonchev–Trinajstić information content (AvgIpc) is 3.02. The van der Waals surface area contributed by atoms with Crippen molar-refractivity contribution in [3.8, 4) is 11.5 Å². The lowest BCUT2D eigenvalue weighted by Gasteiger charge is -2.14. The van der Waals surface area contributed by atoms with E-state index in [1.807, 2.05) is 0 Å². The Balaban J connectivity index is 2.18. The number of phenols is 2. The largest absolute Gasteiger partial charge is 0.504 e. The van der Waals surface area contributed by atoms with Crippen LogP contribution >= 0.6 is 0 Å². The molecule has 5 heteroatoms. The van der Waals surface area contributed by atoms with Gasteiger partial charge in [-0.15, -0.1) is 0 Å². The number of aliphatic hydroxyl groups excluding tert-OH is 1. The van der Waals surface area contributed by atoms with Gasteiger partial charge in [0.2, 0.25) is 0 Å². The number of carbonyl (C=O) groups excluding carboxylic acids is 1. The van der Waals surface area contributed by atoms with Gasteiger partial charge in [0, 0.05) is 0 Å². The summed E-state index contributed by atoms with van der Waals surface area (Å²) in [6, 6.07) is 4.19. The van der Waals surface area contributed by atoms with Crippen molar-refractivity contribution in [2.24, 2.45) is 0 Å². The number of nitrogens with one attached hydrogen (secondary N) is 1. The Bertz CT molecular complexity index is 426. The fraction of sp³-hybridized carbons (Fsp3) is 0.364. The van der Waals surface area contributed by atoms with Gasteiger partial charge in [-0.3, -0.25) is 4.79 Å². The Hall–Kier alpha value is -1.75. The number of phenolic OH excluding ortho intramolecular Hbond substituents is 2. The van der Waals surface area contributed by atoms with Crippen LogP contribution in [0.25, 0.3) is 0 Å². The minimum absolute atomic E-state index is 0.0136. The van der Waals surface area contributed by atoms with E-state index >= 15 is 0 Å². The summed E-state index contributed by atoms with van der Waals surface area (Å²) < 4.78 is 0. The Morgan fingerprint density at radius 2 is 2.06 bits per heavy atom. The van der Waals surface area contributed by atoms with E-state index in [1.165, 1.54) is 18.2 Å². The van der Waals surface area contributed by atoms with Gasteiger partial charge in [-0.2, -0.15) is 0 Å². The Kier molecular flexibility index (Phi) is 2.47. The van der Waals surface area contributed by atoms with Crippen LogP contribution in [-0.4, -0.2) is 33.4 Å². The molecule has 4 N–H and O–H groups in total. The zero-order valence-corrected chi connectivity index (χ0v) is 8.60. The molecule has 5 nitrogen and oxygen atoms in total. The van der Waals surface area contributed by atoms with Crippen molar-refractivity contribution in [2.75, 3.05) is 6.61 Å². The van der Waals surface area contributed by atoms with Gasteiger partial charge >= 0.3 is 0 Å². The fourth-order valence-electron chi connectivity index (χ4n) is 1.50. The van der Waals surface area contributed by atoms with E-state index in [1.54, 1.807) is 0 Å². The van der Waals surface area contributed by atoms with Crippen molar-refractivity contribution in [3.05, 3.63) is 23.8 Å². The number of hydrogen-bond acceptors (Lipinski definition) is 4. The molecule has 1 amide bonds. The summed E-state index contributed by atoms with van der Waals surface area (Å²) in [4.78, 5) is 11.7. The Morgan fingerprint density at radius 3 is 2.62 bits per heavy atom. The third-order valence-corrected chi connectivity index (χ3v) is 2.79. The molecule has 1 saturated carbocycles. The summed E-state index contributed by atoms with van der Waals surface area (Å²) in [6.07, 6.45) is 1.46. The van der Waals surface area contributed by atoms with E-state index in [0.29, 0.717) is 0 Å². The molecule has 2 rings (SSSR count). The molecule has 1 aliphatic rings. The summed E-state index contributed by atoms with van der Waals surface area (Å²) in [5, 5.41) is 30.4. The van der Waals surface area contributed by atoms with Crippen LogP contribution < -0.4 is 5.32 Å². The first-order valence-electron chi connectivity index (χ1n) is 5.02. The maximum absolute atomic E-state index is 11.7. The molecule has 0 aliphatic heterocycles. The van der Waals surface area contributed by atoms with Gasteiger partial charge < -0.3 is 20.6 Å². The first kappa shape index (κ1) is 10.8. The number of amides is 1. The molecule has 16 heavy (non-hydrogen) atoms. The van der Waals surface area contributed by atoms with Gasteiger partial charge in [0.05, 0.1) is 17.7 Å². The van der Waals surface area contributed by atoms with Crippen LogP contribution in [0.1, 0.15) is 23.2 Å². The number of benzene rings is 1. The molecule has 0 heterocycles. The molecule has 86 valence electrons. The summed E-state index contributed by atoms with van der Waals surface area (Å²) in [5.74, 6) is -1.25. The summed E-state index contributed by atoms with van der Waals surface area (Å²) in [7, 11) is 0. The molecule has 0 radical (unpaired) electrons. The number of aromatic hydroxyl groups is 2. The predicted octanol–water partition coefficient (Wildman–Crippen LogP) is 0.352. The Morgan fingerprint density at radius 1 is 1.38 bits per heavy atom. The standard InChI is InChI=1S/C11H13NO4/c13-6-11(4-5-11)12-10(16)7-2-1-3-8(14)9(7)15/h1-3,13-15H,4-6H2,(H,12,16). The van der Waals surface area contributed by atoms with Gasteiger partial charge in [0.1, 0.15) is 0 Å². The van der Waals surface area contributed by atoms with Crippen molar-refractivity contribution < 1.29 is 20.1 Å². The highest BCUT2D eigenvalue weighted by atomic mass is 16.3. The molecule has 0 saturated heterocycles. The number of aliphatic hydroxyl groups is 1. The van der Waals surface area contributed by atoms with Crippen molar-refractivity contribution in [1.29, 1.82) is 0 Å². The van der Waals surface area contributed by atoms with Gasteiger partial charge in [0.15, 0.2) is 11.5 Å². The normalized spacial score (nSPS) is 16.8. The lowest BCUT2D eigenvalue weighted by molar-refractivity contribution is 0.0903. The van der Waals surface area contributed by atoms with Crippen LogP contribution in [0, 0.1) is 0 Å². The van der Waals surface area contributed by atoms with E-state index in [2.05, 4.69) is 5.32 Å². The molecule has 1 aromatic rings. The Labute approximate surface area is 92.3 Å². The van der Waals surface area contributed by atoms with Crippen molar-refractivity contribution in [2.45, 2.75) is 18.4 Å². The highest BCUT2D eigenvalue weighted by molar-refractivity contribution is 5.98. The molecule has 0 spiro atoms. The zero-order valence-electron chi connectivity index (χ0n) is 8.60. The lowest BCUT2D eigenvalue weighted by atomic mass is 10.1.